The van der Waals surface area contributed by atoms with E-state index in [9.17, 15) is 8.78 Å². The van der Waals surface area contributed by atoms with E-state index in [1.54, 1.807) is 6.07 Å². The van der Waals surface area contributed by atoms with Crippen LogP contribution in [0.3, 0.4) is 0 Å². The maximum Gasteiger partial charge on any atom is 0.165 e. The summed E-state index contributed by atoms with van der Waals surface area (Å²) in [6.45, 7) is 0. The third-order valence-electron chi connectivity index (χ3n) is 2.33. The van der Waals surface area contributed by atoms with Gasteiger partial charge in [0.25, 0.3) is 0 Å². The predicted molar refractivity (Wildman–Crippen MR) is 73.8 cm³/mol. The van der Waals surface area contributed by atoms with Crippen LogP contribution in [0.5, 0.6) is 11.5 Å². The molecule has 0 saturated heterocycles. The number of rotatable bonds is 3. The first-order valence-corrected chi connectivity index (χ1v) is 5.98. The number of benzene rings is 2. The van der Waals surface area contributed by atoms with Crippen LogP contribution in [0, 0.1) is 11.6 Å². The van der Waals surface area contributed by atoms with Gasteiger partial charge in [-0.05, 0) is 24.3 Å². The number of thiocarbonyl (C=S) groups is 1. The second-order valence-corrected chi connectivity index (χ2v) is 4.53. The van der Waals surface area contributed by atoms with Crippen molar-refractivity contribution in [2.45, 2.75) is 0 Å². The van der Waals surface area contributed by atoms with Crippen molar-refractivity contribution in [1.82, 2.24) is 0 Å². The molecule has 98 valence electrons. The molecular weight excluding hydrogens is 292 g/mol. The van der Waals surface area contributed by atoms with E-state index in [1.165, 1.54) is 12.1 Å². The fourth-order valence-corrected chi connectivity index (χ4v) is 1.95. The van der Waals surface area contributed by atoms with Crippen molar-refractivity contribution in [2.24, 2.45) is 5.73 Å². The molecule has 0 saturated carbocycles. The third-order valence-corrected chi connectivity index (χ3v) is 2.86. The normalized spacial score (nSPS) is 10.3. The molecule has 0 unspecified atom stereocenters. The van der Waals surface area contributed by atoms with Crippen molar-refractivity contribution in [3.8, 4) is 11.5 Å². The van der Waals surface area contributed by atoms with Gasteiger partial charge in [0.2, 0.25) is 0 Å². The van der Waals surface area contributed by atoms with Gasteiger partial charge in [-0.15, -0.1) is 0 Å². The molecule has 0 bridgehead atoms. The fourth-order valence-electron chi connectivity index (χ4n) is 1.44. The van der Waals surface area contributed by atoms with Crippen molar-refractivity contribution in [3.63, 3.8) is 0 Å². The summed E-state index contributed by atoms with van der Waals surface area (Å²) in [7, 11) is 0. The minimum absolute atomic E-state index is 0.147. The van der Waals surface area contributed by atoms with E-state index in [0.717, 1.165) is 18.2 Å². The Morgan fingerprint density at radius 2 is 1.89 bits per heavy atom. The molecule has 2 aromatic carbocycles. The summed E-state index contributed by atoms with van der Waals surface area (Å²) >= 11 is 10.7. The molecule has 0 aliphatic heterocycles. The monoisotopic (exact) mass is 299 g/mol. The molecule has 0 aliphatic carbocycles. The van der Waals surface area contributed by atoms with E-state index in [4.69, 9.17) is 34.3 Å². The van der Waals surface area contributed by atoms with Crippen LogP contribution in [0.2, 0.25) is 5.02 Å². The molecule has 0 spiro atoms. The standard InChI is InChI=1S/C13H8ClF2NOS/c14-10-6-8(2-3-9(10)13(17)19)18-12-5-7(15)1-4-11(12)16/h1-6H,(H2,17,19). The highest BCUT2D eigenvalue weighted by atomic mass is 35.5. The molecule has 2 rings (SSSR count). The molecule has 0 atom stereocenters. The number of hydrogen-bond donors (Lipinski definition) is 1. The largest absolute Gasteiger partial charge is 0.454 e. The lowest BCUT2D eigenvalue weighted by molar-refractivity contribution is 0.436. The summed E-state index contributed by atoms with van der Waals surface area (Å²) in [5.74, 6) is -1.23. The van der Waals surface area contributed by atoms with Gasteiger partial charge in [-0.1, -0.05) is 23.8 Å². The van der Waals surface area contributed by atoms with Crippen molar-refractivity contribution >= 4 is 28.8 Å². The first-order chi connectivity index (χ1) is 8.97. The molecule has 2 nitrogen and oxygen atoms in total. The van der Waals surface area contributed by atoms with Gasteiger partial charge in [0.1, 0.15) is 16.6 Å². The Bertz CT molecular complexity index is 649. The Kier molecular flexibility index (Phi) is 3.97. The molecule has 2 aromatic rings. The highest BCUT2D eigenvalue weighted by molar-refractivity contribution is 7.80. The van der Waals surface area contributed by atoms with Crippen molar-refractivity contribution in [1.29, 1.82) is 0 Å². The summed E-state index contributed by atoms with van der Waals surface area (Å²) in [5.41, 5.74) is 5.95. The van der Waals surface area contributed by atoms with Gasteiger partial charge < -0.3 is 10.5 Å². The zero-order valence-corrected chi connectivity index (χ0v) is 11.1. The van der Waals surface area contributed by atoms with Crippen molar-refractivity contribution in [2.75, 3.05) is 0 Å². The number of nitrogens with two attached hydrogens (primary N) is 1. The Morgan fingerprint density at radius 3 is 2.53 bits per heavy atom. The first kappa shape index (κ1) is 13.7. The Morgan fingerprint density at radius 1 is 1.16 bits per heavy atom. The zero-order chi connectivity index (χ0) is 14.0. The highest BCUT2D eigenvalue weighted by Gasteiger charge is 2.09. The van der Waals surface area contributed by atoms with Crippen molar-refractivity contribution in [3.05, 3.63) is 58.6 Å². The highest BCUT2D eigenvalue weighted by Crippen LogP contribution is 2.28. The maximum absolute atomic E-state index is 13.4. The lowest BCUT2D eigenvalue weighted by atomic mass is 10.2. The van der Waals surface area contributed by atoms with Crippen LogP contribution < -0.4 is 10.5 Å². The van der Waals surface area contributed by atoms with Crippen LogP contribution in [0.4, 0.5) is 8.78 Å². The first-order valence-electron chi connectivity index (χ1n) is 5.19. The molecule has 2 N–H and O–H groups in total. The molecular formula is C13H8ClF2NOS. The molecule has 6 heteroatoms. The lowest BCUT2D eigenvalue weighted by Gasteiger charge is -2.09. The van der Waals surface area contributed by atoms with Gasteiger partial charge in [0, 0.05) is 17.7 Å². The van der Waals surface area contributed by atoms with E-state index in [2.05, 4.69) is 0 Å². The Labute approximate surface area is 118 Å². The van der Waals surface area contributed by atoms with Crippen molar-refractivity contribution < 1.29 is 13.5 Å². The summed E-state index contributed by atoms with van der Waals surface area (Å²) < 4.78 is 31.6. The molecule has 0 amide bonds. The van der Waals surface area contributed by atoms with Crippen LogP contribution in [0.1, 0.15) is 5.56 Å². The Hall–Kier alpha value is -1.72. The average Bonchev–Trinajstić information content (AvgIpc) is 2.33. The van der Waals surface area contributed by atoms with Gasteiger partial charge >= 0.3 is 0 Å². The number of halogens is 3. The van der Waals surface area contributed by atoms with Crippen LogP contribution in [-0.2, 0) is 0 Å². The van der Waals surface area contributed by atoms with E-state index in [0.29, 0.717) is 5.56 Å². The molecule has 19 heavy (non-hydrogen) atoms. The molecule has 0 aromatic heterocycles. The minimum Gasteiger partial charge on any atom is -0.454 e. The van der Waals surface area contributed by atoms with Gasteiger partial charge in [-0.2, -0.15) is 0 Å². The summed E-state index contributed by atoms with van der Waals surface area (Å²) in [5, 5.41) is 0.279. The molecule has 0 radical (unpaired) electrons. The topological polar surface area (TPSA) is 35.2 Å². The maximum atomic E-state index is 13.4. The third kappa shape index (κ3) is 3.19. The van der Waals surface area contributed by atoms with Gasteiger partial charge in [0.15, 0.2) is 11.6 Å². The number of hydrogen-bond acceptors (Lipinski definition) is 2. The van der Waals surface area contributed by atoms with Crippen LogP contribution in [-0.4, -0.2) is 4.99 Å². The van der Waals surface area contributed by atoms with Gasteiger partial charge in [-0.3, -0.25) is 0 Å². The fraction of sp³-hybridized carbons (Fsp3) is 0. The van der Waals surface area contributed by atoms with Gasteiger partial charge in [-0.25, -0.2) is 8.78 Å². The van der Waals surface area contributed by atoms with E-state index in [-0.39, 0.29) is 21.5 Å². The molecule has 0 fully saturated rings. The Balaban J connectivity index is 2.31. The van der Waals surface area contributed by atoms with Gasteiger partial charge in [0.05, 0.1) is 5.02 Å². The minimum atomic E-state index is -0.670. The van der Waals surface area contributed by atoms with Crippen LogP contribution in [0.15, 0.2) is 36.4 Å². The number of ether oxygens (including phenoxy) is 1. The second kappa shape index (κ2) is 5.50. The summed E-state index contributed by atoms with van der Waals surface area (Å²) in [4.78, 5) is 0.147. The summed E-state index contributed by atoms with van der Waals surface area (Å²) in [6, 6.07) is 7.44. The molecule has 0 aliphatic rings. The second-order valence-electron chi connectivity index (χ2n) is 3.68. The zero-order valence-electron chi connectivity index (χ0n) is 9.49. The smallest absolute Gasteiger partial charge is 0.165 e. The lowest BCUT2D eigenvalue weighted by Crippen LogP contribution is -2.09. The summed E-state index contributed by atoms with van der Waals surface area (Å²) in [6.07, 6.45) is 0. The van der Waals surface area contributed by atoms with E-state index < -0.39 is 11.6 Å². The van der Waals surface area contributed by atoms with E-state index in [1.807, 2.05) is 0 Å². The predicted octanol–water partition coefficient (Wildman–Crippen LogP) is 4.04. The van der Waals surface area contributed by atoms with E-state index >= 15 is 0 Å². The van der Waals surface area contributed by atoms with Crippen LogP contribution >= 0.6 is 23.8 Å². The quantitative estimate of drug-likeness (QED) is 0.869. The SMILES string of the molecule is NC(=S)c1ccc(Oc2cc(F)ccc2F)cc1Cl. The average molecular weight is 300 g/mol. The van der Waals surface area contributed by atoms with Crippen LogP contribution in [0.25, 0.3) is 0 Å². The molecule has 0 heterocycles.